The number of ketones is 3. The Bertz CT molecular complexity index is 2850. The highest BCUT2D eigenvalue weighted by atomic mass is 16.5. The van der Waals surface area contributed by atoms with E-state index in [1.54, 1.807) is 60.7 Å². The number of carbonyl (C=O) groups is 4. The van der Waals surface area contributed by atoms with Crippen molar-refractivity contribution in [1.82, 2.24) is 0 Å². The molecule has 0 unspecified atom stereocenters. The molecule has 15 heteroatoms. The van der Waals surface area contributed by atoms with Crippen molar-refractivity contribution in [3.8, 4) is 28.7 Å². The van der Waals surface area contributed by atoms with Crippen molar-refractivity contribution in [2.24, 2.45) is 34.0 Å². The molecule has 434 valence electrons. The van der Waals surface area contributed by atoms with Crippen molar-refractivity contribution >= 4 is 62.2 Å². The number of ether oxygens (including phenoxy) is 2. The fourth-order valence-corrected chi connectivity index (χ4v) is 9.68. The third kappa shape index (κ3) is 21.9. The normalized spacial score (nSPS) is 18.8. The fraction of sp³-hybridized carbons (Fsp3) is 0.373. The van der Waals surface area contributed by atoms with Gasteiger partial charge in [0.15, 0.2) is 11.6 Å². The Kier molecular flexibility index (Phi) is 24.1. The summed E-state index contributed by atoms with van der Waals surface area (Å²) in [7, 11) is -3.07. The highest BCUT2D eigenvalue weighted by Gasteiger charge is 2.36. The van der Waals surface area contributed by atoms with Crippen molar-refractivity contribution in [2.75, 3.05) is 13.0 Å². The molecule has 7 N–H and O–H groups in total. The van der Waals surface area contributed by atoms with Crippen LogP contribution in [-0.4, -0.2) is 86.3 Å². The molecular weight excluding hydrogens is 1030 g/mol. The summed E-state index contributed by atoms with van der Waals surface area (Å²) in [6.45, 7) is 19.6. The van der Waals surface area contributed by atoms with E-state index in [0.29, 0.717) is 52.9 Å². The summed E-state index contributed by atoms with van der Waals surface area (Å²) in [5, 5.41) is 63.5. The lowest BCUT2D eigenvalue weighted by atomic mass is 9.68. The van der Waals surface area contributed by atoms with E-state index < -0.39 is 14.2 Å². The summed E-state index contributed by atoms with van der Waals surface area (Å²) in [5.41, 5.74) is 7.75. The average Bonchev–Trinajstić information content (AvgIpc) is 3.59. The molecule has 0 bridgehead atoms. The zero-order valence-corrected chi connectivity index (χ0v) is 49.0. The minimum absolute atomic E-state index is 0.0184. The molecule has 3 aliphatic rings. The van der Waals surface area contributed by atoms with E-state index in [0.717, 1.165) is 95.3 Å². The van der Waals surface area contributed by atoms with Gasteiger partial charge in [-0.1, -0.05) is 111 Å². The lowest BCUT2D eigenvalue weighted by Crippen LogP contribution is -2.29. The number of hydrogen-bond acceptors (Lipinski definition) is 13. The SMILES string of the molecule is CC(C)(C)C1C/C(=C\c2ccc(O)cc2)C(=O)/C(=C/c2ccc(O)cc2)C1.CC(C)(C)C1C/C(=C\c2ccc(OCB(O)O)cc2)C(=O)/C(=C/c2ccc(OCB(O)O)cc2)C1.CC(C)(C)C1CCC(=O)CC1.O=Cc1ccc(O)cc1. The number of benzene rings is 5. The van der Waals surface area contributed by atoms with Gasteiger partial charge in [0, 0.05) is 40.7 Å². The first-order valence-corrected chi connectivity index (χ1v) is 28.0. The van der Waals surface area contributed by atoms with Gasteiger partial charge < -0.3 is 44.9 Å². The third-order valence-corrected chi connectivity index (χ3v) is 15.0. The van der Waals surface area contributed by atoms with E-state index >= 15 is 0 Å². The topological polar surface area (TPSA) is 228 Å². The number of phenolic OH excluding ortho intramolecular Hbond substituents is 3. The maximum atomic E-state index is 13.4. The van der Waals surface area contributed by atoms with Crippen molar-refractivity contribution in [2.45, 2.75) is 114 Å². The van der Waals surface area contributed by atoms with Crippen molar-refractivity contribution in [3.05, 3.63) is 171 Å². The molecule has 5 aromatic carbocycles. The van der Waals surface area contributed by atoms with Crippen LogP contribution in [0.3, 0.4) is 0 Å². The summed E-state index contributed by atoms with van der Waals surface area (Å²) in [6, 6.07) is 34.2. The van der Waals surface area contributed by atoms with Crippen LogP contribution in [-0.2, 0) is 14.4 Å². The average molecular weight is 1120 g/mol. The molecule has 0 radical (unpaired) electrons. The first-order chi connectivity index (χ1) is 38.6. The number of Topliss-reactive ketones (excluding diaryl/α,β-unsaturated/α-hetero) is 3. The number of carbonyl (C=O) groups excluding carboxylic acids is 4. The van der Waals surface area contributed by atoms with Crippen LogP contribution in [0, 0.1) is 34.0 Å². The maximum absolute atomic E-state index is 13.4. The number of phenols is 3. The highest BCUT2D eigenvalue weighted by molar-refractivity contribution is 6.41. The number of allylic oxidation sites excluding steroid dienone is 4. The molecule has 0 aromatic heterocycles. The third-order valence-electron chi connectivity index (χ3n) is 15.0. The highest BCUT2D eigenvalue weighted by Crippen LogP contribution is 2.44. The zero-order chi connectivity index (χ0) is 60.4. The number of aromatic hydroxyl groups is 3. The van der Waals surface area contributed by atoms with Crippen LogP contribution >= 0.6 is 0 Å². The number of aldehydes is 1. The lowest BCUT2D eigenvalue weighted by Gasteiger charge is -2.35. The van der Waals surface area contributed by atoms with Crippen molar-refractivity contribution < 1.29 is 64.1 Å². The van der Waals surface area contributed by atoms with Crippen LogP contribution in [0.5, 0.6) is 28.7 Å². The number of hydrogen-bond donors (Lipinski definition) is 7. The Balaban J connectivity index is 0.000000228. The van der Waals surface area contributed by atoms with E-state index in [4.69, 9.17) is 34.7 Å². The van der Waals surface area contributed by atoms with Crippen molar-refractivity contribution in [3.63, 3.8) is 0 Å². The Morgan fingerprint density at radius 3 is 0.915 bits per heavy atom. The molecule has 0 amide bonds. The van der Waals surface area contributed by atoms with E-state index in [2.05, 4.69) is 62.3 Å². The molecule has 13 nitrogen and oxygen atoms in total. The van der Waals surface area contributed by atoms with Gasteiger partial charge in [-0.3, -0.25) is 19.2 Å². The fourth-order valence-electron chi connectivity index (χ4n) is 9.68. The van der Waals surface area contributed by atoms with Crippen LogP contribution in [0.1, 0.15) is 146 Å². The van der Waals surface area contributed by atoms with Gasteiger partial charge >= 0.3 is 14.2 Å². The van der Waals surface area contributed by atoms with Gasteiger partial charge in [0.05, 0.1) is 0 Å². The summed E-state index contributed by atoms with van der Waals surface area (Å²) in [4.78, 5) is 47.5. The second-order valence-electron chi connectivity index (χ2n) is 24.6. The molecule has 8 rings (SSSR count). The first kappa shape index (κ1) is 65.5. The summed E-state index contributed by atoms with van der Waals surface area (Å²) in [6.07, 6.45) is 15.2. The predicted molar refractivity (Wildman–Crippen MR) is 327 cm³/mol. The van der Waals surface area contributed by atoms with Crippen LogP contribution < -0.4 is 9.47 Å². The molecule has 3 saturated carbocycles. The molecular formula is C67H82B2O13. The van der Waals surface area contributed by atoms with Crippen LogP contribution in [0.2, 0.25) is 0 Å². The minimum atomic E-state index is -1.53. The second kappa shape index (κ2) is 30.1. The Morgan fingerprint density at radius 2 is 0.671 bits per heavy atom. The smallest absolute Gasteiger partial charge is 0.491 e. The van der Waals surface area contributed by atoms with Gasteiger partial charge in [0.25, 0.3) is 0 Å². The molecule has 0 aliphatic heterocycles. The molecule has 3 fully saturated rings. The van der Waals surface area contributed by atoms with E-state index in [-0.39, 0.29) is 52.7 Å². The molecule has 0 atom stereocenters. The van der Waals surface area contributed by atoms with Gasteiger partial charge in [-0.05, 0) is 192 Å². The molecule has 0 spiro atoms. The molecule has 3 aliphatic carbocycles. The van der Waals surface area contributed by atoms with Crippen LogP contribution in [0.4, 0.5) is 0 Å². The van der Waals surface area contributed by atoms with E-state index in [1.165, 1.54) is 12.1 Å². The maximum Gasteiger partial charge on any atom is 0.491 e. The molecule has 0 saturated heterocycles. The van der Waals surface area contributed by atoms with Crippen molar-refractivity contribution in [1.29, 1.82) is 0 Å². The van der Waals surface area contributed by atoms with E-state index in [1.807, 2.05) is 72.8 Å². The summed E-state index contributed by atoms with van der Waals surface area (Å²) < 4.78 is 10.6. The van der Waals surface area contributed by atoms with Crippen LogP contribution in [0.15, 0.2) is 144 Å². The zero-order valence-electron chi connectivity index (χ0n) is 49.0. The summed E-state index contributed by atoms with van der Waals surface area (Å²) in [5.74, 6) is 3.64. The van der Waals surface area contributed by atoms with Gasteiger partial charge in [0.2, 0.25) is 0 Å². The monoisotopic (exact) mass is 1120 g/mol. The quantitative estimate of drug-likeness (QED) is 0.0371. The van der Waals surface area contributed by atoms with Gasteiger partial charge in [0.1, 0.15) is 53.8 Å². The second-order valence-corrected chi connectivity index (χ2v) is 24.6. The largest absolute Gasteiger partial charge is 0.508 e. The van der Waals surface area contributed by atoms with Gasteiger partial charge in [-0.15, -0.1) is 0 Å². The Morgan fingerprint density at radius 1 is 0.415 bits per heavy atom. The predicted octanol–water partition coefficient (Wildman–Crippen LogP) is 12.5. The Labute approximate surface area is 485 Å². The van der Waals surface area contributed by atoms with Gasteiger partial charge in [-0.25, -0.2) is 0 Å². The van der Waals surface area contributed by atoms with Crippen LogP contribution in [0.25, 0.3) is 24.3 Å². The van der Waals surface area contributed by atoms with Gasteiger partial charge in [-0.2, -0.15) is 0 Å². The van der Waals surface area contributed by atoms with E-state index in [9.17, 15) is 29.4 Å². The molecule has 5 aromatic rings. The molecule has 0 heterocycles. The summed E-state index contributed by atoms with van der Waals surface area (Å²) >= 11 is 0. The molecule has 82 heavy (non-hydrogen) atoms. The lowest BCUT2D eigenvalue weighted by molar-refractivity contribution is -0.121. The Hall–Kier alpha value is -7.29. The standard InChI is InChI=1S/C26H32B2O7.C24H26O3.C10H18O.C7H6O2/c1-26(2,3)22-14-20(12-18-4-8-23(9-5-18)34-16-27(30)31)25(29)21(15-22)13-19-6-10-24(11-7-19)35-17-28(32)33;1-24(2,3)20-14-18(12-16-4-8-21(25)9-5-16)23(27)19(15-20)13-17-6-10-22(26)11-7-17;1-10(2,3)8-4-6-9(11)7-5-8;8-5-6-1-3-7(9)4-2-6/h4-13,22,30-33H,14-17H2,1-3H3;4-13,20,25-26H,14-15H2,1-3H3;8H,4-7H2,1-3H3;1-5,9H/b20-12+,21-13+;18-12+,19-13+;;. The minimum Gasteiger partial charge on any atom is -0.508 e. The number of rotatable bonds is 11. The first-order valence-electron chi connectivity index (χ1n) is 28.0.